The van der Waals surface area contributed by atoms with Crippen LogP contribution in [0.1, 0.15) is 89.0 Å². The van der Waals surface area contributed by atoms with E-state index in [0.717, 1.165) is 5.92 Å². The average Bonchev–Trinajstić information content (AvgIpc) is 2.70. The van der Waals surface area contributed by atoms with E-state index in [9.17, 15) is 0 Å². The van der Waals surface area contributed by atoms with Crippen LogP contribution < -0.4 is 0 Å². The van der Waals surface area contributed by atoms with E-state index in [4.69, 9.17) is 0 Å². The molecule has 2 atom stereocenters. The summed E-state index contributed by atoms with van der Waals surface area (Å²) < 4.78 is 0. The first kappa shape index (κ1) is 24.0. The number of hydrogen-bond donors (Lipinski definition) is 0. The monoisotopic (exact) mass is 376 g/mol. The van der Waals surface area contributed by atoms with Crippen molar-refractivity contribution in [3.05, 3.63) is 89.5 Å². The summed E-state index contributed by atoms with van der Waals surface area (Å²) in [7, 11) is 0. The van der Waals surface area contributed by atoms with E-state index in [1.807, 2.05) is 6.08 Å². The van der Waals surface area contributed by atoms with Gasteiger partial charge in [0.15, 0.2) is 0 Å². The Bertz CT molecular complexity index is 733. The summed E-state index contributed by atoms with van der Waals surface area (Å²) in [5.74, 6) is 1.26. The predicted molar refractivity (Wildman–Crippen MR) is 128 cm³/mol. The zero-order valence-corrected chi connectivity index (χ0v) is 19.0. The second-order valence-electron chi connectivity index (χ2n) is 7.78. The van der Waals surface area contributed by atoms with Gasteiger partial charge in [0.05, 0.1) is 0 Å². The minimum atomic E-state index is 0.517. The maximum absolute atomic E-state index is 3.93. The molecule has 3 rings (SSSR count). The fourth-order valence-corrected chi connectivity index (χ4v) is 3.70. The molecular formula is C28H40. The third-order valence-electron chi connectivity index (χ3n) is 4.79. The molecule has 0 bridgehead atoms. The topological polar surface area (TPSA) is 0 Å². The molecule has 0 saturated carbocycles. The van der Waals surface area contributed by atoms with E-state index in [-0.39, 0.29) is 0 Å². The molecule has 0 heteroatoms. The highest BCUT2D eigenvalue weighted by Crippen LogP contribution is 2.39. The summed E-state index contributed by atoms with van der Waals surface area (Å²) in [5.41, 5.74) is 6.94. The lowest BCUT2D eigenvalue weighted by Crippen LogP contribution is -2.17. The van der Waals surface area contributed by atoms with Crippen molar-refractivity contribution in [2.75, 3.05) is 0 Å². The standard InChI is InChI=1S/C22H24.2C3H8/c1-4-17(5-2)18-10-8-11-20(15-18)22-14-16(3)13-19-9-6-7-12-21(19)22;2*1-3-2/h4-12,15-16,22H,1,13-14H2,2-3H3;2*3H2,1-2H3/b17-5+;;/t16-,22+;;/m1../s1. The summed E-state index contributed by atoms with van der Waals surface area (Å²) in [6, 6.07) is 17.9. The third-order valence-corrected chi connectivity index (χ3v) is 4.79. The third kappa shape index (κ3) is 6.82. The Morgan fingerprint density at radius 3 is 2.25 bits per heavy atom. The summed E-state index contributed by atoms with van der Waals surface area (Å²) in [6.07, 6.45) is 9.01. The second kappa shape index (κ2) is 13.2. The lowest BCUT2D eigenvalue weighted by atomic mass is 9.74. The van der Waals surface area contributed by atoms with Crippen LogP contribution in [-0.2, 0) is 6.42 Å². The van der Waals surface area contributed by atoms with Crippen molar-refractivity contribution in [1.82, 2.24) is 0 Å². The first-order chi connectivity index (χ1) is 13.6. The summed E-state index contributed by atoms with van der Waals surface area (Å²) >= 11 is 0. The van der Waals surface area contributed by atoms with E-state index < -0.39 is 0 Å². The fraction of sp³-hybridized carbons (Fsp3) is 0.429. The molecule has 0 nitrogen and oxygen atoms in total. The molecule has 0 aliphatic heterocycles. The highest BCUT2D eigenvalue weighted by molar-refractivity contribution is 5.73. The molecule has 0 aromatic heterocycles. The van der Waals surface area contributed by atoms with Crippen LogP contribution in [0.2, 0.25) is 0 Å². The zero-order chi connectivity index (χ0) is 20.9. The van der Waals surface area contributed by atoms with Crippen LogP contribution in [0, 0.1) is 5.92 Å². The van der Waals surface area contributed by atoms with Crippen molar-refractivity contribution in [1.29, 1.82) is 0 Å². The molecule has 2 aromatic rings. The Hall–Kier alpha value is -2.08. The van der Waals surface area contributed by atoms with Crippen molar-refractivity contribution in [3.63, 3.8) is 0 Å². The Labute approximate surface area is 174 Å². The second-order valence-corrected chi connectivity index (χ2v) is 7.78. The molecule has 0 unspecified atom stereocenters. The van der Waals surface area contributed by atoms with Crippen molar-refractivity contribution in [2.24, 2.45) is 5.92 Å². The van der Waals surface area contributed by atoms with Crippen LogP contribution in [0.3, 0.4) is 0 Å². The van der Waals surface area contributed by atoms with Gasteiger partial charge in [-0.1, -0.05) is 115 Å². The summed E-state index contributed by atoms with van der Waals surface area (Å²) in [6.45, 7) is 16.9. The Balaban J connectivity index is 0.000000582. The number of allylic oxidation sites excluding steroid dienone is 3. The van der Waals surface area contributed by atoms with Gasteiger partial charge in [-0.25, -0.2) is 0 Å². The van der Waals surface area contributed by atoms with E-state index in [1.54, 1.807) is 0 Å². The average molecular weight is 377 g/mol. The minimum absolute atomic E-state index is 0.517. The lowest BCUT2D eigenvalue weighted by Gasteiger charge is -2.30. The highest BCUT2D eigenvalue weighted by Gasteiger charge is 2.25. The lowest BCUT2D eigenvalue weighted by molar-refractivity contribution is 0.464. The van der Waals surface area contributed by atoms with E-state index in [2.05, 4.69) is 103 Å². The number of hydrogen-bond acceptors (Lipinski definition) is 0. The van der Waals surface area contributed by atoms with Crippen LogP contribution in [0.5, 0.6) is 0 Å². The number of rotatable bonds is 3. The van der Waals surface area contributed by atoms with Crippen LogP contribution in [-0.4, -0.2) is 0 Å². The Morgan fingerprint density at radius 1 is 1.00 bits per heavy atom. The first-order valence-corrected chi connectivity index (χ1v) is 11.0. The van der Waals surface area contributed by atoms with E-state index in [0.29, 0.717) is 5.92 Å². The van der Waals surface area contributed by atoms with Gasteiger partial charge in [-0.05, 0) is 53.5 Å². The van der Waals surface area contributed by atoms with Crippen LogP contribution in [0.15, 0.2) is 67.3 Å². The van der Waals surface area contributed by atoms with E-state index >= 15 is 0 Å². The molecule has 1 aliphatic rings. The van der Waals surface area contributed by atoms with Gasteiger partial charge in [-0.15, -0.1) is 0 Å². The molecule has 0 saturated heterocycles. The molecule has 1 aliphatic carbocycles. The van der Waals surface area contributed by atoms with Gasteiger partial charge in [0.2, 0.25) is 0 Å². The molecule has 28 heavy (non-hydrogen) atoms. The molecule has 0 N–H and O–H groups in total. The maximum Gasteiger partial charge on any atom is 0.00949 e. The molecular weight excluding hydrogens is 336 g/mol. The van der Waals surface area contributed by atoms with Crippen molar-refractivity contribution < 1.29 is 0 Å². The molecule has 0 spiro atoms. The van der Waals surface area contributed by atoms with Crippen LogP contribution in [0.25, 0.3) is 5.57 Å². The Morgan fingerprint density at radius 2 is 1.64 bits per heavy atom. The van der Waals surface area contributed by atoms with Gasteiger partial charge >= 0.3 is 0 Å². The van der Waals surface area contributed by atoms with Gasteiger partial charge in [-0.2, -0.15) is 0 Å². The number of benzene rings is 2. The minimum Gasteiger partial charge on any atom is -0.0985 e. The molecule has 0 heterocycles. The molecule has 0 fully saturated rings. The fourth-order valence-electron chi connectivity index (χ4n) is 3.70. The van der Waals surface area contributed by atoms with Gasteiger partial charge in [0, 0.05) is 5.92 Å². The SMILES string of the molecule is C=C/C(=C\C)c1cccc([C@@H]2C[C@H](C)Cc3ccccc32)c1.CCC.CCC. The quantitative estimate of drug-likeness (QED) is 0.469. The smallest absolute Gasteiger partial charge is 0.00949 e. The van der Waals surface area contributed by atoms with Gasteiger partial charge in [-0.3, -0.25) is 0 Å². The first-order valence-electron chi connectivity index (χ1n) is 11.0. The van der Waals surface area contributed by atoms with Gasteiger partial charge in [0.1, 0.15) is 0 Å². The predicted octanol–water partition coefficient (Wildman–Crippen LogP) is 8.82. The summed E-state index contributed by atoms with van der Waals surface area (Å²) in [4.78, 5) is 0. The normalized spacial score (nSPS) is 18.0. The molecule has 0 radical (unpaired) electrons. The number of fused-ring (bicyclic) bond motifs is 1. The Kier molecular flexibility index (Phi) is 11.3. The van der Waals surface area contributed by atoms with Crippen molar-refractivity contribution >= 4 is 5.57 Å². The zero-order valence-electron chi connectivity index (χ0n) is 19.0. The van der Waals surface area contributed by atoms with Gasteiger partial charge < -0.3 is 0 Å². The van der Waals surface area contributed by atoms with Gasteiger partial charge in [0.25, 0.3) is 0 Å². The van der Waals surface area contributed by atoms with Crippen molar-refractivity contribution in [3.8, 4) is 0 Å². The van der Waals surface area contributed by atoms with Crippen molar-refractivity contribution in [2.45, 2.75) is 73.1 Å². The summed E-state index contributed by atoms with van der Waals surface area (Å²) in [5, 5.41) is 0. The highest BCUT2D eigenvalue weighted by atomic mass is 14.3. The van der Waals surface area contributed by atoms with E-state index in [1.165, 1.54) is 53.5 Å². The largest absolute Gasteiger partial charge is 0.0985 e. The molecule has 152 valence electrons. The maximum atomic E-state index is 3.93. The van der Waals surface area contributed by atoms with Crippen LogP contribution in [0.4, 0.5) is 0 Å². The molecule has 2 aromatic carbocycles. The molecule has 0 amide bonds. The van der Waals surface area contributed by atoms with Crippen LogP contribution >= 0.6 is 0 Å².